The molecule has 0 unspecified atom stereocenters. The molecule has 5 nitrogen and oxygen atoms in total. The molecule has 3 rings (SSSR count). The van der Waals surface area contributed by atoms with Gasteiger partial charge in [-0.05, 0) is 43.3 Å². The van der Waals surface area contributed by atoms with Gasteiger partial charge < -0.3 is 10.2 Å². The lowest BCUT2D eigenvalue weighted by Gasteiger charge is -2.38. The van der Waals surface area contributed by atoms with Gasteiger partial charge in [0.05, 0.1) is 11.5 Å². The molecule has 2 aliphatic heterocycles. The molecular weight excluding hydrogens is 349 g/mol. The summed E-state index contributed by atoms with van der Waals surface area (Å²) < 4.78 is 36.8. The van der Waals surface area contributed by atoms with Crippen molar-refractivity contribution in [2.45, 2.75) is 19.4 Å². The van der Waals surface area contributed by atoms with E-state index in [4.69, 9.17) is 12.2 Å². The van der Waals surface area contributed by atoms with Gasteiger partial charge in [0.25, 0.3) is 0 Å². The van der Waals surface area contributed by atoms with Gasteiger partial charge in [-0.3, -0.25) is 4.90 Å². The third-order valence-electron chi connectivity index (χ3n) is 4.75. The number of sulfone groups is 1. The SMILES string of the molecule is Cc1ccc(NC(=S)N2CCN([C@@H]3CCS(=O)(=O)C3)CC2)cc1F. The average molecular weight is 372 g/mol. The van der Waals surface area contributed by atoms with Crippen molar-refractivity contribution in [3.63, 3.8) is 0 Å². The molecular formula is C16H22FN3O2S2. The lowest BCUT2D eigenvalue weighted by molar-refractivity contribution is 0.144. The number of nitrogens with zero attached hydrogens (tertiary/aromatic N) is 2. The highest BCUT2D eigenvalue weighted by molar-refractivity contribution is 7.91. The first-order valence-electron chi connectivity index (χ1n) is 8.11. The maximum absolute atomic E-state index is 13.6. The number of nitrogens with one attached hydrogen (secondary N) is 1. The van der Waals surface area contributed by atoms with Crippen LogP contribution in [0.5, 0.6) is 0 Å². The van der Waals surface area contributed by atoms with Crippen LogP contribution in [0.3, 0.4) is 0 Å². The Kier molecular flexibility index (Phi) is 5.08. The van der Waals surface area contributed by atoms with Crippen molar-refractivity contribution >= 4 is 32.9 Å². The van der Waals surface area contributed by atoms with Crippen LogP contribution < -0.4 is 5.32 Å². The Hall–Kier alpha value is -1.25. The fraction of sp³-hybridized carbons (Fsp3) is 0.562. The Labute approximate surface area is 147 Å². The molecule has 1 aromatic carbocycles. The van der Waals surface area contributed by atoms with E-state index in [1.165, 1.54) is 6.07 Å². The maximum atomic E-state index is 13.6. The molecule has 0 aromatic heterocycles. The number of anilines is 1. The zero-order valence-corrected chi connectivity index (χ0v) is 15.3. The first kappa shape index (κ1) is 17.6. The van der Waals surface area contributed by atoms with Crippen molar-refractivity contribution in [3.05, 3.63) is 29.6 Å². The summed E-state index contributed by atoms with van der Waals surface area (Å²) in [6.07, 6.45) is 0.730. The molecule has 2 aliphatic rings. The van der Waals surface area contributed by atoms with Crippen LogP contribution in [0.4, 0.5) is 10.1 Å². The van der Waals surface area contributed by atoms with E-state index in [9.17, 15) is 12.8 Å². The molecule has 1 aromatic rings. The van der Waals surface area contributed by atoms with Crippen LogP contribution in [0.2, 0.25) is 0 Å². The number of piperazine rings is 1. The second-order valence-electron chi connectivity index (χ2n) is 6.47. The minimum atomic E-state index is -2.85. The summed E-state index contributed by atoms with van der Waals surface area (Å²) in [5, 5.41) is 3.66. The summed E-state index contributed by atoms with van der Waals surface area (Å²) in [7, 11) is -2.85. The van der Waals surface area contributed by atoms with E-state index in [-0.39, 0.29) is 17.6 Å². The summed E-state index contributed by atoms with van der Waals surface area (Å²) in [4.78, 5) is 4.29. The zero-order valence-electron chi connectivity index (χ0n) is 13.7. The van der Waals surface area contributed by atoms with E-state index >= 15 is 0 Å². The van der Waals surface area contributed by atoms with Crippen molar-refractivity contribution < 1.29 is 12.8 Å². The molecule has 0 spiro atoms. The number of thiocarbonyl (C=S) groups is 1. The molecule has 2 fully saturated rings. The highest BCUT2D eigenvalue weighted by Gasteiger charge is 2.33. The van der Waals surface area contributed by atoms with Crippen molar-refractivity contribution in [1.29, 1.82) is 0 Å². The predicted octanol–water partition coefficient (Wildman–Crippen LogP) is 1.64. The van der Waals surface area contributed by atoms with E-state index in [1.807, 2.05) is 11.0 Å². The number of rotatable bonds is 2. The Morgan fingerprint density at radius 3 is 2.58 bits per heavy atom. The minimum absolute atomic E-state index is 0.143. The highest BCUT2D eigenvalue weighted by Crippen LogP contribution is 2.20. The number of hydrogen-bond donors (Lipinski definition) is 1. The Morgan fingerprint density at radius 2 is 2.00 bits per heavy atom. The molecule has 2 saturated heterocycles. The molecule has 1 atom stereocenters. The quantitative estimate of drug-likeness (QED) is 0.798. The standard InChI is InChI=1S/C16H22FN3O2S2/c1-12-2-3-13(10-15(12)17)18-16(23)20-7-5-19(6-8-20)14-4-9-24(21,22)11-14/h2-3,10,14H,4-9,11H2,1H3,(H,18,23)/t14-/m1/s1. The molecule has 2 heterocycles. The van der Waals surface area contributed by atoms with Gasteiger partial charge in [-0.25, -0.2) is 12.8 Å². The van der Waals surface area contributed by atoms with E-state index in [0.717, 1.165) is 32.6 Å². The average Bonchev–Trinajstić information content (AvgIpc) is 2.91. The molecule has 0 bridgehead atoms. The second-order valence-corrected chi connectivity index (χ2v) is 9.09. The van der Waals surface area contributed by atoms with E-state index in [1.54, 1.807) is 13.0 Å². The van der Waals surface area contributed by atoms with Crippen molar-refractivity contribution in [3.8, 4) is 0 Å². The number of halogens is 1. The maximum Gasteiger partial charge on any atom is 0.173 e. The largest absolute Gasteiger partial charge is 0.346 e. The van der Waals surface area contributed by atoms with Crippen LogP contribution in [0.15, 0.2) is 18.2 Å². The van der Waals surface area contributed by atoms with Crippen molar-refractivity contribution in [2.24, 2.45) is 0 Å². The fourth-order valence-corrected chi connectivity index (χ4v) is 5.29. The molecule has 0 saturated carbocycles. The lowest BCUT2D eigenvalue weighted by Crippen LogP contribution is -2.53. The third kappa shape index (κ3) is 4.04. The van der Waals surface area contributed by atoms with Gasteiger partial charge in [0, 0.05) is 37.9 Å². The number of benzene rings is 1. The number of aryl methyl sites for hydroxylation is 1. The van der Waals surface area contributed by atoms with E-state index in [0.29, 0.717) is 22.1 Å². The molecule has 8 heteroatoms. The van der Waals surface area contributed by atoms with Gasteiger partial charge in [0.2, 0.25) is 0 Å². The highest BCUT2D eigenvalue weighted by atomic mass is 32.2. The predicted molar refractivity (Wildman–Crippen MR) is 97.6 cm³/mol. The van der Waals surface area contributed by atoms with Gasteiger partial charge in [0.1, 0.15) is 5.82 Å². The molecule has 0 amide bonds. The first-order valence-corrected chi connectivity index (χ1v) is 10.3. The van der Waals surface area contributed by atoms with Gasteiger partial charge >= 0.3 is 0 Å². The van der Waals surface area contributed by atoms with Crippen molar-refractivity contribution in [2.75, 3.05) is 43.0 Å². The molecule has 0 aliphatic carbocycles. The van der Waals surface area contributed by atoms with Crippen LogP contribution in [0.1, 0.15) is 12.0 Å². The van der Waals surface area contributed by atoms with Gasteiger partial charge in [-0.15, -0.1) is 0 Å². The van der Waals surface area contributed by atoms with E-state index in [2.05, 4.69) is 10.2 Å². The monoisotopic (exact) mass is 371 g/mol. The lowest BCUT2D eigenvalue weighted by atomic mass is 10.2. The van der Waals surface area contributed by atoms with Crippen LogP contribution in [-0.2, 0) is 9.84 Å². The summed E-state index contributed by atoms with van der Waals surface area (Å²) in [5.41, 5.74) is 1.25. The Balaban J connectivity index is 1.52. The molecule has 24 heavy (non-hydrogen) atoms. The Bertz CT molecular complexity index is 731. The van der Waals surface area contributed by atoms with Crippen LogP contribution >= 0.6 is 12.2 Å². The summed E-state index contributed by atoms with van der Waals surface area (Å²) in [6.45, 7) is 4.81. The normalized spacial score (nSPS) is 24.1. The van der Waals surface area contributed by atoms with Crippen LogP contribution in [0.25, 0.3) is 0 Å². The third-order valence-corrected chi connectivity index (χ3v) is 6.86. The zero-order chi connectivity index (χ0) is 17.3. The van der Waals surface area contributed by atoms with Crippen LogP contribution in [0, 0.1) is 12.7 Å². The van der Waals surface area contributed by atoms with Crippen LogP contribution in [-0.4, -0.2) is 67.1 Å². The van der Waals surface area contributed by atoms with Gasteiger partial charge in [0.15, 0.2) is 14.9 Å². The Morgan fingerprint density at radius 1 is 1.29 bits per heavy atom. The smallest absolute Gasteiger partial charge is 0.173 e. The van der Waals surface area contributed by atoms with Gasteiger partial charge in [-0.2, -0.15) is 0 Å². The van der Waals surface area contributed by atoms with Gasteiger partial charge in [-0.1, -0.05) is 6.07 Å². The van der Waals surface area contributed by atoms with Crippen molar-refractivity contribution in [1.82, 2.24) is 9.80 Å². The fourth-order valence-electron chi connectivity index (χ4n) is 3.23. The number of hydrogen-bond acceptors (Lipinski definition) is 4. The topological polar surface area (TPSA) is 52.6 Å². The summed E-state index contributed by atoms with van der Waals surface area (Å²) in [5.74, 6) is 0.324. The summed E-state index contributed by atoms with van der Waals surface area (Å²) >= 11 is 5.42. The minimum Gasteiger partial charge on any atom is -0.346 e. The first-order chi connectivity index (χ1) is 11.3. The summed E-state index contributed by atoms with van der Waals surface area (Å²) in [6, 6.07) is 5.12. The molecule has 0 radical (unpaired) electrons. The molecule has 1 N–H and O–H groups in total. The molecule has 132 valence electrons. The second kappa shape index (κ2) is 6.93. The van der Waals surface area contributed by atoms with E-state index < -0.39 is 9.84 Å².